The second kappa shape index (κ2) is 5.71. The topological polar surface area (TPSA) is 77.2 Å². The number of thiazole rings is 1. The highest BCUT2D eigenvalue weighted by molar-refractivity contribution is 7.09. The van der Waals surface area contributed by atoms with Crippen LogP contribution >= 0.6 is 11.3 Å². The molecule has 0 amide bonds. The number of esters is 1. The molecule has 2 aromatic rings. The fourth-order valence-corrected chi connectivity index (χ4v) is 2.38. The number of anilines is 2. The van der Waals surface area contributed by atoms with Gasteiger partial charge in [0.15, 0.2) is 0 Å². The van der Waals surface area contributed by atoms with E-state index in [1.807, 2.05) is 6.92 Å². The molecule has 6 heteroatoms. The number of benzene rings is 1. The predicted octanol–water partition coefficient (Wildman–Crippen LogP) is 2.43. The van der Waals surface area contributed by atoms with Gasteiger partial charge in [-0.25, -0.2) is 9.78 Å². The molecule has 5 nitrogen and oxygen atoms in total. The van der Waals surface area contributed by atoms with Gasteiger partial charge in [0.05, 0.1) is 30.4 Å². The van der Waals surface area contributed by atoms with Gasteiger partial charge < -0.3 is 15.8 Å². The summed E-state index contributed by atoms with van der Waals surface area (Å²) in [6.45, 7) is 2.57. The molecule has 100 valence electrons. The quantitative estimate of drug-likeness (QED) is 0.663. The number of nitrogen functional groups attached to an aromatic ring is 1. The Morgan fingerprint density at radius 2 is 2.32 bits per heavy atom. The largest absolute Gasteiger partial charge is 0.465 e. The van der Waals surface area contributed by atoms with Crippen LogP contribution < -0.4 is 11.1 Å². The van der Waals surface area contributed by atoms with Crippen LogP contribution in [0.15, 0.2) is 23.7 Å². The van der Waals surface area contributed by atoms with Gasteiger partial charge in [-0.15, -0.1) is 11.3 Å². The normalized spacial score (nSPS) is 10.2. The van der Waals surface area contributed by atoms with Gasteiger partial charge in [-0.1, -0.05) is 0 Å². The van der Waals surface area contributed by atoms with E-state index in [-0.39, 0.29) is 0 Å². The summed E-state index contributed by atoms with van der Waals surface area (Å²) >= 11 is 1.58. The number of aryl methyl sites for hydroxylation is 1. The SMILES string of the molecule is COC(=O)c1cc(N)ccc1NCc1scnc1C. The lowest BCUT2D eigenvalue weighted by Crippen LogP contribution is -2.09. The molecule has 0 atom stereocenters. The zero-order chi connectivity index (χ0) is 13.8. The van der Waals surface area contributed by atoms with Gasteiger partial charge in [0.1, 0.15) is 0 Å². The molecule has 0 aliphatic heterocycles. The van der Waals surface area contributed by atoms with E-state index in [1.165, 1.54) is 7.11 Å². The van der Waals surface area contributed by atoms with Crippen molar-refractivity contribution in [1.82, 2.24) is 4.98 Å². The van der Waals surface area contributed by atoms with Gasteiger partial charge in [-0.05, 0) is 25.1 Å². The number of carbonyl (C=O) groups excluding carboxylic acids is 1. The standard InChI is InChI=1S/C13H15N3O2S/c1-8-12(19-7-16-8)6-15-11-4-3-9(14)5-10(11)13(17)18-2/h3-5,7,15H,6,14H2,1-2H3. The Morgan fingerprint density at radius 1 is 1.53 bits per heavy atom. The van der Waals surface area contributed by atoms with Crippen molar-refractivity contribution >= 4 is 28.7 Å². The van der Waals surface area contributed by atoms with Gasteiger partial charge in [-0.3, -0.25) is 0 Å². The van der Waals surface area contributed by atoms with Crippen LogP contribution in [0.3, 0.4) is 0 Å². The van der Waals surface area contributed by atoms with Crippen LogP contribution in [-0.4, -0.2) is 18.1 Å². The number of nitrogens with two attached hydrogens (primary N) is 1. The minimum absolute atomic E-state index is 0.407. The molecule has 0 radical (unpaired) electrons. The Labute approximate surface area is 115 Å². The zero-order valence-corrected chi connectivity index (χ0v) is 11.6. The minimum atomic E-state index is -0.407. The highest BCUT2D eigenvalue weighted by Crippen LogP contribution is 2.22. The first-order valence-corrected chi connectivity index (χ1v) is 6.60. The number of hydrogen-bond acceptors (Lipinski definition) is 6. The molecule has 1 aromatic carbocycles. The van der Waals surface area contributed by atoms with E-state index in [2.05, 4.69) is 10.3 Å². The lowest BCUT2D eigenvalue weighted by Gasteiger charge is -2.11. The fourth-order valence-electron chi connectivity index (χ4n) is 1.67. The van der Waals surface area contributed by atoms with Crippen LogP contribution in [0.2, 0.25) is 0 Å². The first kappa shape index (κ1) is 13.4. The first-order chi connectivity index (χ1) is 9.11. The summed E-state index contributed by atoms with van der Waals surface area (Å²) in [4.78, 5) is 17.0. The van der Waals surface area contributed by atoms with Crippen LogP contribution in [0.25, 0.3) is 0 Å². The van der Waals surface area contributed by atoms with Crippen LogP contribution in [0, 0.1) is 6.92 Å². The molecule has 0 saturated carbocycles. The molecule has 0 bridgehead atoms. The van der Waals surface area contributed by atoms with E-state index in [4.69, 9.17) is 10.5 Å². The van der Waals surface area contributed by atoms with Gasteiger partial charge in [0.25, 0.3) is 0 Å². The van der Waals surface area contributed by atoms with Gasteiger partial charge in [0.2, 0.25) is 0 Å². The summed E-state index contributed by atoms with van der Waals surface area (Å²) in [5, 5.41) is 3.21. The van der Waals surface area contributed by atoms with E-state index in [1.54, 1.807) is 35.0 Å². The Kier molecular flexibility index (Phi) is 4.01. The summed E-state index contributed by atoms with van der Waals surface area (Å²) in [7, 11) is 1.35. The highest BCUT2D eigenvalue weighted by Gasteiger charge is 2.12. The zero-order valence-electron chi connectivity index (χ0n) is 10.8. The molecule has 1 aromatic heterocycles. The molecule has 0 spiro atoms. The highest BCUT2D eigenvalue weighted by atomic mass is 32.1. The minimum Gasteiger partial charge on any atom is -0.465 e. The average Bonchev–Trinajstić information content (AvgIpc) is 2.82. The van der Waals surface area contributed by atoms with Crippen molar-refractivity contribution in [2.75, 3.05) is 18.2 Å². The number of carbonyl (C=O) groups is 1. The number of rotatable bonds is 4. The number of nitrogens with one attached hydrogen (secondary N) is 1. The monoisotopic (exact) mass is 277 g/mol. The lowest BCUT2D eigenvalue weighted by atomic mass is 10.1. The average molecular weight is 277 g/mol. The van der Waals surface area contributed by atoms with Crippen molar-refractivity contribution in [3.05, 3.63) is 39.8 Å². The molecule has 0 fully saturated rings. The Morgan fingerprint density at radius 3 is 2.95 bits per heavy atom. The number of nitrogens with zero attached hydrogens (tertiary/aromatic N) is 1. The van der Waals surface area contributed by atoms with Crippen molar-refractivity contribution in [3.8, 4) is 0 Å². The summed E-state index contributed by atoms with van der Waals surface area (Å²) in [6, 6.07) is 5.12. The second-order valence-corrected chi connectivity index (χ2v) is 4.95. The van der Waals surface area contributed by atoms with Gasteiger partial charge in [-0.2, -0.15) is 0 Å². The van der Waals surface area contributed by atoms with Gasteiger partial charge in [0, 0.05) is 16.3 Å². The van der Waals surface area contributed by atoms with Crippen molar-refractivity contribution in [2.24, 2.45) is 0 Å². The maximum absolute atomic E-state index is 11.7. The summed E-state index contributed by atoms with van der Waals surface area (Å²) in [5.74, 6) is -0.407. The van der Waals surface area contributed by atoms with Crippen LogP contribution in [0.4, 0.5) is 11.4 Å². The number of hydrogen-bond donors (Lipinski definition) is 2. The lowest BCUT2D eigenvalue weighted by molar-refractivity contribution is 0.0602. The molecule has 0 unspecified atom stereocenters. The van der Waals surface area contributed by atoms with Gasteiger partial charge >= 0.3 is 5.97 Å². The first-order valence-electron chi connectivity index (χ1n) is 5.72. The van der Waals surface area contributed by atoms with Crippen molar-refractivity contribution in [1.29, 1.82) is 0 Å². The summed E-state index contributed by atoms with van der Waals surface area (Å²) in [5.41, 5.74) is 10.2. The maximum Gasteiger partial charge on any atom is 0.340 e. The molecular formula is C13H15N3O2S. The maximum atomic E-state index is 11.7. The van der Waals surface area contributed by atoms with Crippen molar-refractivity contribution in [2.45, 2.75) is 13.5 Å². The molecular weight excluding hydrogens is 262 g/mol. The molecule has 0 saturated heterocycles. The van der Waals surface area contributed by atoms with Crippen LogP contribution in [-0.2, 0) is 11.3 Å². The third-order valence-corrected chi connectivity index (χ3v) is 3.67. The Hall–Kier alpha value is -2.08. The molecule has 1 heterocycles. The van der Waals surface area contributed by atoms with Crippen molar-refractivity contribution in [3.63, 3.8) is 0 Å². The third-order valence-electron chi connectivity index (χ3n) is 2.73. The van der Waals surface area contributed by atoms with Crippen LogP contribution in [0.1, 0.15) is 20.9 Å². The summed E-state index contributed by atoms with van der Waals surface area (Å²) in [6.07, 6.45) is 0. The third kappa shape index (κ3) is 3.03. The van der Waals surface area contributed by atoms with E-state index < -0.39 is 5.97 Å². The number of aromatic nitrogens is 1. The summed E-state index contributed by atoms with van der Waals surface area (Å²) < 4.78 is 4.75. The van der Waals surface area contributed by atoms with E-state index in [0.29, 0.717) is 23.5 Å². The molecule has 3 N–H and O–H groups in total. The molecule has 0 aliphatic rings. The predicted molar refractivity (Wildman–Crippen MR) is 76.4 cm³/mol. The Balaban J connectivity index is 2.20. The smallest absolute Gasteiger partial charge is 0.340 e. The molecule has 0 aliphatic carbocycles. The molecule has 19 heavy (non-hydrogen) atoms. The van der Waals surface area contributed by atoms with E-state index in [0.717, 1.165) is 10.6 Å². The Bertz CT molecular complexity index is 595. The molecule has 2 rings (SSSR count). The number of methoxy groups -OCH3 is 1. The van der Waals surface area contributed by atoms with E-state index >= 15 is 0 Å². The van der Waals surface area contributed by atoms with Crippen LogP contribution in [0.5, 0.6) is 0 Å². The van der Waals surface area contributed by atoms with Crippen molar-refractivity contribution < 1.29 is 9.53 Å². The number of ether oxygens (including phenoxy) is 1. The second-order valence-electron chi connectivity index (χ2n) is 4.01. The van der Waals surface area contributed by atoms with E-state index in [9.17, 15) is 4.79 Å². The fraction of sp³-hybridized carbons (Fsp3) is 0.231.